The molecule has 6 heteroatoms. The quantitative estimate of drug-likeness (QED) is 0.824. The molecule has 5 nitrogen and oxygen atoms in total. The van der Waals surface area contributed by atoms with Gasteiger partial charge in [0.1, 0.15) is 0 Å². The van der Waals surface area contributed by atoms with Gasteiger partial charge in [-0.25, -0.2) is 12.7 Å². The van der Waals surface area contributed by atoms with Gasteiger partial charge in [-0.05, 0) is 38.5 Å². The van der Waals surface area contributed by atoms with Gasteiger partial charge in [0.15, 0.2) is 4.75 Å². The molecule has 0 aromatic heterocycles. The van der Waals surface area contributed by atoms with Crippen LogP contribution in [0.4, 0.5) is 0 Å². The highest BCUT2D eigenvalue weighted by Gasteiger charge is 2.60. The molecule has 0 aromatic rings. The van der Waals surface area contributed by atoms with Crippen LogP contribution in [0, 0.1) is 11.8 Å². The fourth-order valence-electron chi connectivity index (χ4n) is 2.92. The molecule has 0 spiro atoms. The Morgan fingerprint density at radius 2 is 1.83 bits per heavy atom. The summed E-state index contributed by atoms with van der Waals surface area (Å²) in [6.07, 6.45) is 3.94. The Bertz CT molecular complexity index is 443. The zero-order valence-electron chi connectivity index (χ0n) is 10.9. The van der Waals surface area contributed by atoms with Crippen LogP contribution in [0.2, 0.25) is 0 Å². The molecule has 1 heterocycles. The van der Waals surface area contributed by atoms with E-state index in [0.29, 0.717) is 0 Å². The van der Waals surface area contributed by atoms with Crippen LogP contribution >= 0.6 is 0 Å². The number of amides is 1. The Labute approximate surface area is 108 Å². The number of aliphatic hydroxyl groups is 1. The van der Waals surface area contributed by atoms with Crippen LogP contribution in [0.15, 0.2) is 0 Å². The molecule has 2 unspecified atom stereocenters. The summed E-state index contributed by atoms with van der Waals surface area (Å²) in [5, 5.41) is 9.31. The maximum atomic E-state index is 12.0. The van der Waals surface area contributed by atoms with Gasteiger partial charge in [-0.2, -0.15) is 0 Å². The highest BCUT2D eigenvalue weighted by molar-refractivity contribution is 7.94. The monoisotopic (exact) mass is 275 g/mol. The Morgan fingerprint density at radius 1 is 1.28 bits per heavy atom. The topological polar surface area (TPSA) is 74.7 Å². The normalized spacial score (nSPS) is 34.2. The summed E-state index contributed by atoms with van der Waals surface area (Å²) in [6, 6.07) is 0. The number of aliphatic hydroxyl groups excluding tert-OH is 1. The number of rotatable bonds is 3. The first-order chi connectivity index (χ1) is 8.32. The Kier molecular flexibility index (Phi) is 3.44. The molecule has 1 aliphatic heterocycles. The fourth-order valence-corrected chi connectivity index (χ4v) is 4.50. The largest absolute Gasteiger partial charge is 0.396 e. The van der Waals surface area contributed by atoms with E-state index in [1.165, 1.54) is 13.8 Å². The lowest BCUT2D eigenvalue weighted by molar-refractivity contribution is -0.133. The average Bonchev–Trinajstić information content (AvgIpc) is 2.35. The lowest BCUT2D eigenvalue weighted by Crippen LogP contribution is -2.68. The zero-order chi connectivity index (χ0) is 13.6. The average molecular weight is 275 g/mol. The van der Waals surface area contributed by atoms with Gasteiger partial charge in [0.25, 0.3) is 15.9 Å². The van der Waals surface area contributed by atoms with Crippen molar-refractivity contribution in [3.05, 3.63) is 0 Å². The third-order valence-electron chi connectivity index (χ3n) is 4.38. The number of hydrogen-bond donors (Lipinski definition) is 1. The molecular formula is C12H21NO4S. The van der Waals surface area contributed by atoms with Crippen LogP contribution in [-0.4, -0.2) is 41.6 Å². The summed E-state index contributed by atoms with van der Waals surface area (Å²) in [5.74, 6) is -0.0752. The number of carbonyl (C=O) groups excluding carboxylic acids is 1. The summed E-state index contributed by atoms with van der Waals surface area (Å²) in [6.45, 7) is 3.23. The molecule has 2 atom stereocenters. The summed E-state index contributed by atoms with van der Waals surface area (Å²) < 4.78 is 23.7. The van der Waals surface area contributed by atoms with Crippen molar-refractivity contribution >= 4 is 15.9 Å². The second-order valence-electron chi connectivity index (χ2n) is 5.84. The minimum atomic E-state index is -3.48. The number of hydrogen-bond acceptors (Lipinski definition) is 4. The minimum absolute atomic E-state index is 0.0795. The molecule has 2 fully saturated rings. The third-order valence-corrected chi connectivity index (χ3v) is 6.74. The van der Waals surface area contributed by atoms with E-state index in [1.54, 1.807) is 0 Å². The smallest absolute Gasteiger partial charge is 0.258 e. The third kappa shape index (κ3) is 1.86. The van der Waals surface area contributed by atoms with E-state index in [0.717, 1.165) is 30.0 Å². The summed E-state index contributed by atoms with van der Waals surface area (Å²) in [4.78, 5) is 11.9. The molecule has 1 saturated heterocycles. The molecular weight excluding hydrogens is 254 g/mol. The van der Waals surface area contributed by atoms with Crippen molar-refractivity contribution in [2.24, 2.45) is 11.8 Å². The maximum absolute atomic E-state index is 12.0. The van der Waals surface area contributed by atoms with Crippen molar-refractivity contribution in [2.75, 3.05) is 13.2 Å². The second kappa shape index (κ2) is 4.49. The molecule has 2 rings (SSSR count). The molecule has 1 N–H and O–H groups in total. The SMILES string of the molecule is CC1(C)C(=O)N(CC2CCCCC2CO)S1(=O)=O. The van der Waals surface area contributed by atoms with Gasteiger partial charge < -0.3 is 5.11 Å². The fraction of sp³-hybridized carbons (Fsp3) is 0.917. The lowest BCUT2D eigenvalue weighted by atomic mass is 9.79. The van der Waals surface area contributed by atoms with E-state index in [4.69, 9.17) is 0 Å². The van der Waals surface area contributed by atoms with Crippen molar-refractivity contribution in [2.45, 2.75) is 44.3 Å². The summed E-state index contributed by atoms with van der Waals surface area (Å²) in [7, 11) is -3.48. The van der Waals surface area contributed by atoms with Crippen LogP contribution < -0.4 is 0 Å². The second-order valence-corrected chi connectivity index (χ2v) is 8.25. The lowest BCUT2D eigenvalue weighted by Gasteiger charge is -2.45. The Morgan fingerprint density at radius 3 is 2.33 bits per heavy atom. The van der Waals surface area contributed by atoms with Gasteiger partial charge in [0, 0.05) is 13.2 Å². The molecule has 1 amide bonds. The van der Waals surface area contributed by atoms with Gasteiger partial charge in [0.2, 0.25) is 0 Å². The molecule has 18 heavy (non-hydrogen) atoms. The first-order valence-corrected chi connectivity index (χ1v) is 7.94. The minimum Gasteiger partial charge on any atom is -0.396 e. The van der Waals surface area contributed by atoms with Crippen LogP contribution in [0.1, 0.15) is 39.5 Å². The molecule has 0 radical (unpaired) electrons. The van der Waals surface area contributed by atoms with Crippen LogP contribution in [-0.2, 0) is 14.8 Å². The van der Waals surface area contributed by atoms with Crippen molar-refractivity contribution in [1.29, 1.82) is 0 Å². The van der Waals surface area contributed by atoms with Crippen LogP contribution in [0.25, 0.3) is 0 Å². The molecule has 1 saturated carbocycles. The zero-order valence-corrected chi connectivity index (χ0v) is 11.7. The van der Waals surface area contributed by atoms with Gasteiger partial charge in [0.05, 0.1) is 0 Å². The standard InChI is InChI=1S/C12H21NO4S/c1-12(2)11(15)13(18(12,16)17)7-9-5-3-4-6-10(9)8-14/h9-10,14H,3-8H2,1-2H3. The van der Waals surface area contributed by atoms with E-state index >= 15 is 0 Å². The van der Waals surface area contributed by atoms with Crippen LogP contribution in [0.5, 0.6) is 0 Å². The number of carbonyl (C=O) groups is 1. The van der Waals surface area contributed by atoms with E-state index in [2.05, 4.69) is 0 Å². The Hall–Kier alpha value is -0.620. The van der Waals surface area contributed by atoms with E-state index < -0.39 is 14.8 Å². The van der Waals surface area contributed by atoms with Crippen molar-refractivity contribution < 1.29 is 18.3 Å². The number of nitrogens with zero attached hydrogens (tertiary/aromatic N) is 1. The molecule has 2 aliphatic rings. The van der Waals surface area contributed by atoms with E-state index in [-0.39, 0.29) is 30.9 Å². The van der Waals surface area contributed by atoms with Crippen molar-refractivity contribution in [3.63, 3.8) is 0 Å². The van der Waals surface area contributed by atoms with Gasteiger partial charge >= 0.3 is 0 Å². The maximum Gasteiger partial charge on any atom is 0.258 e. The first-order valence-electron chi connectivity index (χ1n) is 6.50. The van der Waals surface area contributed by atoms with Crippen LogP contribution in [0.3, 0.4) is 0 Å². The molecule has 104 valence electrons. The van der Waals surface area contributed by atoms with Gasteiger partial charge in [-0.1, -0.05) is 12.8 Å². The molecule has 0 aromatic carbocycles. The first kappa shape index (κ1) is 13.8. The van der Waals surface area contributed by atoms with Crippen molar-refractivity contribution in [3.8, 4) is 0 Å². The van der Waals surface area contributed by atoms with Gasteiger partial charge in [-0.15, -0.1) is 0 Å². The molecule has 0 bridgehead atoms. The van der Waals surface area contributed by atoms with E-state index in [1.807, 2.05) is 0 Å². The number of sulfonamides is 1. The highest BCUT2D eigenvalue weighted by atomic mass is 32.2. The molecule has 1 aliphatic carbocycles. The van der Waals surface area contributed by atoms with Gasteiger partial charge in [-0.3, -0.25) is 4.79 Å². The Balaban J connectivity index is 2.09. The summed E-state index contributed by atoms with van der Waals surface area (Å²) >= 11 is 0. The highest BCUT2D eigenvalue weighted by Crippen LogP contribution is 2.38. The van der Waals surface area contributed by atoms with Crippen molar-refractivity contribution in [1.82, 2.24) is 4.31 Å². The predicted octanol–water partition coefficient (Wildman–Crippen LogP) is 0.736. The van der Waals surface area contributed by atoms with E-state index in [9.17, 15) is 18.3 Å². The summed E-state index contributed by atoms with van der Waals surface area (Å²) in [5.41, 5.74) is 0. The predicted molar refractivity (Wildman–Crippen MR) is 67.2 cm³/mol.